The van der Waals surface area contributed by atoms with E-state index in [1.807, 2.05) is 38.2 Å². The smallest absolute Gasteiger partial charge is 0.228 e. The third-order valence-corrected chi connectivity index (χ3v) is 4.92. The van der Waals surface area contributed by atoms with Crippen LogP contribution in [0.3, 0.4) is 0 Å². The normalized spacial score (nSPS) is 12.0. The summed E-state index contributed by atoms with van der Waals surface area (Å²) in [5.41, 5.74) is 3.07. The number of halogens is 2. The van der Waals surface area contributed by atoms with Gasteiger partial charge >= 0.3 is 0 Å². The lowest BCUT2D eigenvalue weighted by Crippen LogP contribution is -2.15. The van der Waals surface area contributed by atoms with Crippen molar-refractivity contribution < 1.29 is 13.6 Å². The lowest BCUT2D eigenvalue weighted by atomic mass is 10.1. The Kier molecular flexibility index (Phi) is 6.07. The number of aryl methyl sites for hydroxylation is 1. The van der Waals surface area contributed by atoms with E-state index in [1.54, 1.807) is 16.9 Å². The molecule has 0 bridgehead atoms. The van der Waals surface area contributed by atoms with E-state index in [2.05, 4.69) is 25.7 Å². The molecule has 0 fully saturated rings. The van der Waals surface area contributed by atoms with E-state index in [-0.39, 0.29) is 23.9 Å². The Balaban J connectivity index is 1.43. The molecular formula is C23H22F2N6O. The van der Waals surface area contributed by atoms with Crippen LogP contribution in [0.2, 0.25) is 0 Å². The summed E-state index contributed by atoms with van der Waals surface area (Å²) in [4.78, 5) is 21.2. The standard InChI is InChI=1S/C23H22F2N6O/c1-3-31-13-20-23(30-31)29-21(12-26-20)27-14(2)16-5-4-6-19(10-16)28-22(32)9-15-7-17(24)11-18(25)8-15/h4-8,10-14H,3,9H2,1-2H3,(H,28,32)(H,27,29,30)/t14-/m0/s1. The molecule has 0 saturated heterocycles. The number of amides is 1. The highest BCUT2D eigenvalue weighted by atomic mass is 19.1. The monoisotopic (exact) mass is 436 g/mol. The average molecular weight is 436 g/mol. The minimum Gasteiger partial charge on any atom is -0.362 e. The van der Waals surface area contributed by atoms with Crippen LogP contribution in [0.4, 0.5) is 20.3 Å². The van der Waals surface area contributed by atoms with E-state index < -0.39 is 11.6 Å². The van der Waals surface area contributed by atoms with Gasteiger partial charge in [-0.25, -0.2) is 18.7 Å². The molecule has 7 nitrogen and oxygen atoms in total. The zero-order valence-electron chi connectivity index (χ0n) is 17.6. The Morgan fingerprint density at radius 2 is 1.94 bits per heavy atom. The van der Waals surface area contributed by atoms with E-state index in [0.717, 1.165) is 35.8 Å². The van der Waals surface area contributed by atoms with Gasteiger partial charge in [0.05, 0.1) is 24.9 Å². The number of carbonyl (C=O) groups is 1. The summed E-state index contributed by atoms with van der Waals surface area (Å²) in [6.45, 7) is 4.70. The van der Waals surface area contributed by atoms with Gasteiger partial charge in [-0.05, 0) is 49.2 Å². The molecule has 1 atom stereocenters. The molecule has 2 N–H and O–H groups in total. The van der Waals surface area contributed by atoms with Gasteiger partial charge in [0.15, 0.2) is 0 Å². The van der Waals surface area contributed by atoms with Crippen molar-refractivity contribution in [3.8, 4) is 0 Å². The Bertz CT molecular complexity index is 1250. The number of hydrogen-bond acceptors (Lipinski definition) is 5. The van der Waals surface area contributed by atoms with Crippen LogP contribution in [0.15, 0.2) is 54.9 Å². The number of fused-ring (bicyclic) bond motifs is 1. The molecule has 0 spiro atoms. The van der Waals surface area contributed by atoms with Crippen molar-refractivity contribution in [2.24, 2.45) is 0 Å². The van der Waals surface area contributed by atoms with Crippen molar-refractivity contribution in [3.05, 3.63) is 77.6 Å². The van der Waals surface area contributed by atoms with Crippen LogP contribution in [0.25, 0.3) is 11.2 Å². The van der Waals surface area contributed by atoms with Crippen LogP contribution in [-0.2, 0) is 17.8 Å². The second-order valence-corrected chi connectivity index (χ2v) is 7.44. The third kappa shape index (κ3) is 5.05. The van der Waals surface area contributed by atoms with E-state index >= 15 is 0 Å². The van der Waals surface area contributed by atoms with Gasteiger partial charge in [0.1, 0.15) is 23.0 Å². The first-order chi connectivity index (χ1) is 15.4. The van der Waals surface area contributed by atoms with Crippen molar-refractivity contribution in [1.82, 2.24) is 19.7 Å². The molecule has 0 aliphatic carbocycles. The second kappa shape index (κ2) is 9.09. The summed E-state index contributed by atoms with van der Waals surface area (Å²) in [6, 6.07) is 10.3. The molecule has 9 heteroatoms. The zero-order valence-corrected chi connectivity index (χ0v) is 17.6. The minimum absolute atomic E-state index is 0.121. The van der Waals surface area contributed by atoms with Gasteiger partial charge in [0.25, 0.3) is 0 Å². The first kappa shape index (κ1) is 21.4. The molecule has 0 unspecified atom stereocenters. The van der Waals surface area contributed by atoms with Crippen molar-refractivity contribution in [2.45, 2.75) is 32.9 Å². The van der Waals surface area contributed by atoms with Gasteiger partial charge in [0, 0.05) is 18.3 Å². The van der Waals surface area contributed by atoms with Crippen molar-refractivity contribution in [3.63, 3.8) is 0 Å². The van der Waals surface area contributed by atoms with Crippen molar-refractivity contribution in [2.75, 3.05) is 10.6 Å². The first-order valence-electron chi connectivity index (χ1n) is 10.2. The highest BCUT2D eigenvalue weighted by molar-refractivity contribution is 5.92. The van der Waals surface area contributed by atoms with Crippen molar-refractivity contribution in [1.29, 1.82) is 0 Å². The maximum atomic E-state index is 13.3. The van der Waals surface area contributed by atoms with Crippen LogP contribution in [0.5, 0.6) is 0 Å². The fourth-order valence-electron chi connectivity index (χ4n) is 3.37. The van der Waals surface area contributed by atoms with E-state index in [1.165, 1.54) is 0 Å². The Morgan fingerprint density at radius 1 is 1.16 bits per heavy atom. The van der Waals surface area contributed by atoms with Gasteiger partial charge in [0.2, 0.25) is 11.6 Å². The van der Waals surface area contributed by atoms with Gasteiger partial charge in [-0.2, -0.15) is 5.10 Å². The quantitative estimate of drug-likeness (QED) is 0.446. The molecule has 4 rings (SSSR count). The number of hydrogen-bond donors (Lipinski definition) is 2. The van der Waals surface area contributed by atoms with E-state index in [9.17, 15) is 13.6 Å². The predicted octanol–water partition coefficient (Wildman–Crippen LogP) is 4.48. The predicted molar refractivity (Wildman–Crippen MR) is 118 cm³/mol. The first-order valence-corrected chi connectivity index (χ1v) is 10.2. The highest BCUT2D eigenvalue weighted by Gasteiger charge is 2.11. The summed E-state index contributed by atoms with van der Waals surface area (Å²) < 4.78 is 28.5. The highest BCUT2D eigenvalue weighted by Crippen LogP contribution is 2.22. The number of aromatic nitrogens is 4. The number of carbonyl (C=O) groups excluding carboxylic acids is 1. The van der Waals surface area contributed by atoms with Crippen LogP contribution in [0, 0.1) is 11.6 Å². The molecule has 32 heavy (non-hydrogen) atoms. The molecule has 1 amide bonds. The fraction of sp³-hybridized carbons (Fsp3) is 0.217. The molecule has 0 aliphatic rings. The Morgan fingerprint density at radius 3 is 2.69 bits per heavy atom. The summed E-state index contributed by atoms with van der Waals surface area (Å²) in [6.07, 6.45) is 3.37. The maximum Gasteiger partial charge on any atom is 0.228 e. The summed E-state index contributed by atoms with van der Waals surface area (Å²) >= 11 is 0. The molecule has 2 aromatic heterocycles. The maximum absolute atomic E-state index is 13.3. The topological polar surface area (TPSA) is 84.7 Å². The van der Waals surface area contributed by atoms with Crippen LogP contribution < -0.4 is 10.6 Å². The van der Waals surface area contributed by atoms with Crippen LogP contribution in [0.1, 0.15) is 31.0 Å². The number of nitrogens with zero attached hydrogens (tertiary/aromatic N) is 4. The Labute approximate surface area is 183 Å². The summed E-state index contributed by atoms with van der Waals surface area (Å²) in [7, 11) is 0. The molecule has 0 saturated carbocycles. The van der Waals surface area contributed by atoms with E-state index in [4.69, 9.17) is 0 Å². The molecule has 0 radical (unpaired) electrons. The van der Waals surface area contributed by atoms with Crippen LogP contribution >= 0.6 is 0 Å². The number of nitrogens with one attached hydrogen (secondary N) is 2. The van der Waals surface area contributed by atoms with Gasteiger partial charge < -0.3 is 10.6 Å². The molecule has 0 aliphatic heterocycles. The van der Waals surface area contributed by atoms with Crippen LogP contribution in [-0.4, -0.2) is 25.7 Å². The number of benzene rings is 2. The van der Waals surface area contributed by atoms with Crippen molar-refractivity contribution >= 4 is 28.6 Å². The third-order valence-electron chi connectivity index (χ3n) is 4.92. The minimum atomic E-state index is -0.711. The lowest BCUT2D eigenvalue weighted by molar-refractivity contribution is -0.115. The lowest BCUT2D eigenvalue weighted by Gasteiger charge is -2.16. The fourth-order valence-corrected chi connectivity index (χ4v) is 3.37. The molecule has 2 aromatic carbocycles. The molecule has 2 heterocycles. The molecular weight excluding hydrogens is 414 g/mol. The second-order valence-electron chi connectivity index (χ2n) is 7.44. The largest absolute Gasteiger partial charge is 0.362 e. The van der Waals surface area contributed by atoms with E-state index in [0.29, 0.717) is 17.2 Å². The number of rotatable bonds is 7. The van der Waals surface area contributed by atoms with Gasteiger partial charge in [-0.1, -0.05) is 12.1 Å². The Hall–Kier alpha value is -3.88. The summed E-state index contributed by atoms with van der Waals surface area (Å²) in [5.74, 6) is -1.19. The van der Waals surface area contributed by atoms with Gasteiger partial charge in [-0.15, -0.1) is 0 Å². The SMILES string of the molecule is CCn1cc2ncc(N[C@@H](C)c3cccc(NC(=O)Cc4cc(F)cc(F)c4)c3)nc2n1. The number of anilines is 2. The molecule has 164 valence electrons. The zero-order chi connectivity index (χ0) is 22.7. The summed E-state index contributed by atoms with van der Waals surface area (Å²) in [5, 5.41) is 10.4. The molecule has 4 aromatic rings. The van der Waals surface area contributed by atoms with Gasteiger partial charge in [-0.3, -0.25) is 9.48 Å². The average Bonchev–Trinajstić information content (AvgIpc) is 3.15.